The molecule has 1 amide bonds. The number of nitrogens with zero attached hydrogens (tertiary/aromatic N) is 3. The van der Waals surface area contributed by atoms with Gasteiger partial charge in [-0.2, -0.15) is 0 Å². The van der Waals surface area contributed by atoms with E-state index >= 15 is 0 Å². The second-order valence-corrected chi connectivity index (χ2v) is 12.4. The van der Waals surface area contributed by atoms with Crippen molar-refractivity contribution >= 4 is 43.5 Å². The molecule has 4 aromatic carbocycles. The van der Waals surface area contributed by atoms with Gasteiger partial charge in [0.05, 0.1) is 41.3 Å². The number of rotatable bonds is 7. The molecule has 6 rings (SSSR count). The van der Waals surface area contributed by atoms with E-state index in [0.29, 0.717) is 45.2 Å². The van der Waals surface area contributed by atoms with Crippen LogP contribution in [0.25, 0.3) is 44.3 Å². The molecular formula is C33H27FN4O5S. The first-order valence-corrected chi connectivity index (χ1v) is 15.5. The van der Waals surface area contributed by atoms with Crippen LogP contribution >= 0.6 is 0 Å². The lowest BCUT2D eigenvalue weighted by molar-refractivity contribution is 0.0964. The van der Waals surface area contributed by atoms with Crippen molar-refractivity contribution in [2.75, 3.05) is 24.7 Å². The van der Waals surface area contributed by atoms with Gasteiger partial charge in [0.25, 0.3) is 11.5 Å². The third-order valence-corrected chi connectivity index (χ3v) is 8.73. The largest absolute Gasteiger partial charge is 0.455 e. The van der Waals surface area contributed by atoms with Crippen LogP contribution in [-0.4, -0.2) is 44.2 Å². The molecule has 222 valence electrons. The maximum Gasteiger partial charge on any atom is 0.261 e. The minimum Gasteiger partial charge on any atom is -0.455 e. The molecule has 0 bridgehead atoms. The monoisotopic (exact) mass is 610 g/mol. The summed E-state index contributed by atoms with van der Waals surface area (Å²) in [5, 5.41) is 3.46. The Hall–Kier alpha value is -5.29. The molecular weight excluding hydrogens is 583 g/mol. The van der Waals surface area contributed by atoms with Crippen LogP contribution in [0, 0.1) is 5.82 Å². The van der Waals surface area contributed by atoms with Crippen LogP contribution in [0.15, 0.2) is 100 Å². The van der Waals surface area contributed by atoms with Gasteiger partial charge in [0.15, 0.2) is 0 Å². The number of halogens is 1. The van der Waals surface area contributed by atoms with E-state index in [-0.39, 0.29) is 22.5 Å². The van der Waals surface area contributed by atoms with Crippen LogP contribution in [-0.2, 0) is 16.6 Å². The lowest BCUT2D eigenvalue weighted by Gasteiger charge is -2.21. The first kappa shape index (κ1) is 28.8. The summed E-state index contributed by atoms with van der Waals surface area (Å²) in [4.78, 5) is 31.0. The van der Waals surface area contributed by atoms with E-state index in [2.05, 4.69) is 10.3 Å². The van der Waals surface area contributed by atoms with Gasteiger partial charge in [0.2, 0.25) is 10.0 Å². The molecule has 0 spiro atoms. The lowest BCUT2D eigenvalue weighted by Crippen LogP contribution is -2.25. The van der Waals surface area contributed by atoms with Gasteiger partial charge < -0.3 is 9.73 Å². The van der Waals surface area contributed by atoms with Gasteiger partial charge in [-0.05, 0) is 53.6 Å². The zero-order valence-electron chi connectivity index (χ0n) is 24.0. The second kappa shape index (κ2) is 11.1. The Morgan fingerprint density at radius 2 is 1.68 bits per heavy atom. The molecule has 0 saturated carbocycles. The fourth-order valence-corrected chi connectivity index (χ4v) is 5.68. The molecule has 0 radical (unpaired) electrons. The van der Waals surface area contributed by atoms with E-state index in [0.717, 1.165) is 16.1 Å². The van der Waals surface area contributed by atoms with Gasteiger partial charge in [0.1, 0.15) is 17.2 Å². The van der Waals surface area contributed by atoms with Crippen LogP contribution in [0.1, 0.15) is 15.9 Å². The van der Waals surface area contributed by atoms with Crippen molar-refractivity contribution in [1.29, 1.82) is 0 Å². The van der Waals surface area contributed by atoms with Crippen molar-refractivity contribution in [3.05, 3.63) is 119 Å². The standard InChI is InChI=1S/C33H27FN4O5S/c1-35-32(39)30-26-16-25(22-11-14-24-27(15-22)36-19-38(33(24)40)18-20-7-5-4-6-8-20)28(37(2)44(3,41)42)17-29(26)43-31(30)21-9-12-23(34)13-10-21/h4-17,19H,18H2,1-3H3,(H,35,39). The van der Waals surface area contributed by atoms with Gasteiger partial charge >= 0.3 is 0 Å². The van der Waals surface area contributed by atoms with Crippen molar-refractivity contribution in [2.45, 2.75) is 6.54 Å². The smallest absolute Gasteiger partial charge is 0.261 e. The van der Waals surface area contributed by atoms with E-state index in [1.165, 1.54) is 49.3 Å². The summed E-state index contributed by atoms with van der Waals surface area (Å²) < 4.78 is 47.9. The highest BCUT2D eigenvalue weighted by atomic mass is 32.2. The Balaban J connectivity index is 1.56. The number of amides is 1. The molecule has 1 N–H and O–H groups in total. The molecule has 44 heavy (non-hydrogen) atoms. The van der Waals surface area contributed by atoms with Gasteiger partial charge in [-0.25, -0.2) is 17.8 Å². The van der Waals surface area contributed by atoms with Crippen molar-refractivity contribution in [3.63, 3.8) is 0 Å². The molecule has 2 heterocycles. The molecule has 11 heteroatoms. The van der Waals surface area contributed by atoms with E-state index in [9.17, 15) is 22.4 Å². The first-order chi connectivity index (χ1) is 21.0. The molecule has 9 nitrogen and oxygen atoms in total. The van der Waals surface area contributed by atoms with Crippen LogP contribution in [0.4, 0.5) is 10.1 Å². The fraction of sp³-hybridized carbons (Fsp3) is 0.121. The summed E-state index contributed by atoms with van der Waals surface area (Å²) in [6.45, 7) is 0.365. The number of nitrogens with one attached hydrogen (secondary N) is 1. The normalized spacial score (nSPS) is 11.6. The molecule has 0 aliphatic carbocycles. The minimum atomic E-state index is -3.72. The number of fused-ring (bicyclic) bond motifs is 2. The summed E-state index contributed by atoms with van der Waals surface area (Å²) in [5.41, 5.74) is 3.46. The Bertz CT molecular complexity index is 2230. The van der Waals surface area contributed by atoms with E-state index in [1.807, 2.05) is 30.3 Å². The van der Waals surface area contributed by atoms with E-state index in [4.69, 9.17) is 4.42 Å². The summed E-state index contributed by atoms with van der Waals surface area (Å²) in [7, 11) is -0.809. The van der Waals surface area contributed by atoms with Gasteiger partial charge in [0, 0.05) is 36.7 Å². The van der Waals surface area contributed by atoms with Crippen molar-refractivity contribution in [2.24, 2.45) is 0 Å². The predicted molar refractivity (Wildman–Crippen MR) is 169 cm³/mol. The number of sulfonamides is 1. The number of hydrogen-bond acceptors (Lipinski definition) is 6. The van der Waals surface area contributed by atoms with Gasteiger partial charge in [-0.3, -0.25) is 18.5 Å². The zero-order chi connectivity index (χ0) is 31.2. The number of carbonyl (C=O) groups excluding carboxylic acids is 1. The average Bonchev–Trinajstić information content (AvgIpc) is 3.39. The molecule has 0 aliphatic heterocycles. The molecule has 6 aromatic rings. The third-order valence-electron chi connectivity index (χ3n) is 7.54. The number of carbonyl (C=O) groups is 1. The Morgan fingerprint density at radius 3 is 2.36 bits per heavy atom. The summed E-state index contributed by atoms with van der Waals surface area (Å²) in [6, 6.07) is 23.5. The zero-order valence-corrected chi connectivity index (χ0v) is 24.9. The molecule has 0 fully saturated rings. The maximum absolute atomic E-state index is 13.7. The van der Waals surface area contributed by atoms with Crippen LogP contribution in [0.3, 0.4) is 0 Å². The molecule has 0 unspecified atom stereocenters. The maximum atomic E-state index is 13.7. The van der Waals surface area contributed by atoms with Crippen molar-refractivity contribution in [3.8, 4) is 22.5 Å². The Morgan fingerprint density at radius 1 is 0.977 bits per heavy atom. The molecule has 2 aromatic heterocycles. The van der Waals surface area contributed by atoms with Gasteiger partial charge in [-0.15, -0.1) is 0 Å². The Labute approximate surface area is 252 Å². The summed E-state index contributed by atoms with van der Waals surface area (Å²) >= 11 is 0. The van der Waals surface area contributed by atoms with Crippen molar-refractivity contribution in [1.82, 2.24) is 14.9 Å². The minimum absolute atomic E-state index is 0.212. The number of anilines is 1. The number of furan rings is 1. The highest BCUT2D eigenvalue weighted by Crippen LogP contribution is 2.41. The number of hydrogen-bond donors (Lipinski definition) is 1. The SMILES string of the molecule is CNC(=O)c1c(-c2ccc(F)cc2)oc2cc(N(C)S(C)(=O)=O)c(-c3ccc4c(=O)n(Cc5ccccc5)cnc4c3)cc12. The highest BCUT2D eigenvalue weighted by Gasteiger charge is 2.26. The molecule has 0 atom stereocenters. The quantitative estimate of drug-likeness (QED) is 0.258. The first-order valence-electron chi connectivity index (χ1n) is 13.6. The van der Waals surface area contributed by atoms with Crippen LogP contribution in [0.5, 0.6) is 0 Å². The van der Waals surface area contributed by atoms with Crippen LogP contribution < -0.4 is 15.2 Å². The average molecular weight is 611 g/mol. The second-order valence-electron chi connectivity index (χ2n) is 10.4. The topological polar surface area (TPSA) is 115 Å². The molecule has 0 aliphatic rings. The van der Waals surface area contributed by atoms with E-state index < -0.39 is 21.7 Å². The lowest BCUT2D eigenvalue weighted by atomic mass is 9.97. The van der Waals surface area contributed by atoms with E-state index in [1.54, 1.807) is 30.3 Å². The van der Waals surface area contributed by atoms with Crippen molar-refractivity contribution < 1.29 is 22.0 Å². The highest BCUT2D eigenvalue weighted by molar-refractivity contribution is 7.92. The third kappa shape index (κ3) is 5.22. The number of aromatic nitrogens is 2. The van der Waals surface area contributed by atoms with Crippen LogP contribution in [0.2, 0.25) is 0 Å². The summed E-state index contributed by atoms with van der Waals surface area (Å²) in [6.07, 6.45) is 2.57. The summed E-state index contributed by atoms with van der Waals surface area (Å²) in [5.74, 6) is -0.663. The Kier molecular flexibility index (Phi) is 7.26. The predicted octanol–water partition coefficient (Wildman–Crippen LogP) is 5.42. The molecule has 0 saturated heterocycles. The fourth-order valence-electron chi connectivity index (χ4n) is 5.18. The van der Waals surface area contributed by atoms with Gasteiger partial charge in [-0.1, -0.05) is 36.4 Å². The number of benzene rings is 4.